The van der Waals surface area contributed by atoms with Gasteiger partial charge in [0, 0.05) is 16.6 Å². The molecule has 0 saturated heterocycles. The molecule has 4 aromatic rings. The number of benzene rings is 3. The van der Waals surface area contributed by atoms with Crippen molar-refractivity contribution in [1.82, 2.24) is 3.97 Å². The summed E-state index contributed by atoms with van der Waals surface area (Å²) in [5.74, 6) is 0. The first-order chi connectivity index (χ1) is 15.4. The lowest BCUT2D eigenvalue weighted by Crippen LogP contribution is -2.18. The molecule has 5 rings (SSSR count). The fraction of sp³-hybridized carbons (Fsp3) is 0.185. The van der Waals surface area contributed by atoms with Gasteiger partial charge in [0.05, 0.1) is 10.6 Å². The molecule has 3 nitrogen and oxygen atoms in total. The van der Waals surface area contributed by atoms with Gasteiger partial charge in [0.25, 0.3) is 10.0 Å². The third kappa shape index (κ3) is 3.74. The highest BCUT2D eigenvalue weighted by atomic mass is 79.9. The van der Waals surface area contributed by atoms with Crippen molar-refractivity contribution in [3.63, 3.8) is 0 Å². The zero-order chi connectivity index (χ0) is 22.3. The van der Waals surface area contributed by atoms with E-state index in [1.165, 1.54) is 11.1 Å². The standard InChI is InChI=1S/C27H24BrNO2S/c1-19-10-16-23(17-11-19)32(30,31)29-26(18-20-6-3-2-4-7-20)24-8-5-9-25(24)27(29)21-12-14-22(28)15-13-21/h2-4,6-7,10-17H,5,8-9,18H2,1H3. The van der Waals surface area contributed by atoms with Crippen LogP contribution in [0, 0.1) is 6.92 Å². The molecule has 3 aromatic carbocycles. The summed E-state index contributed by atoms with van der Waals surface area (Å²) < 4.78 is 30.8. The molecule has 0 aliphatic heterocycles. The summed E-state index contributed by atoms with van der Waals surface area (Å²) in [6, 6.07) is 25.3. The van der Waals surface area contributed by atoms with Gasteiger partial charge in [-0.1, -0.05) is 76.1 Å². The normalized spacial score (nSPS) is 13.3. The molecule has 0 radical (unpaired) electrons. The maximum absolute atomic E-state index is 14.1. The molecule has 5 heteroatoms. The van der Waals surface area contributed by atoms with Crippen LogP contribution in [0.5, 0.6) is 0 Å². The molecule has 0 atom stereocenters. The Balaban J connectivity index is 1.79. The lowest BCUT2D eigenvalue weighted by atomic mass is 10.0. The van der Waals surface area contributed by atoms with E-state index in [2.05, 4.69) is 28.1 Å². The largest absolute Gasteiger partial charge is 0.268 e. The molecule has 32 heavy (non-hydrogen) atoms. The maximum Gasteiger partial charge on any atom is 0.268 e. The molecular weight excluding hydrogens is 482 g/mol. The second kappa shape index (κ2) is 8.38. The van der Waals surface area contributed by atoms with Crippen LogP contribution < -0.4 is 0 Å². The van der Waals surface area contributed by atoms with E-state index in [1.807, 2.05) is 61.5 Å². The van der Waals surface area contributed by atoms with Crippen LogP contribution in [0.15, 0.2) is 88.2 Å². The number of hydrogen-bond acceptors (Lipinski definition) is 2. The van der Waals surface area contributed by atoms with E-state index < -0.39 is 10.0 Å². The Kier molecular flexibility index (Phi) is 5.56. The van der Waals surface area contributed by atoms with E-state index in [0.717, 1.165) is 51.8 Å². The Morgan fingerprint density at radius 2 is 1.50 bits per heavy atom. The summed E-state index contributed by atoms with van der Waals surface area (Å²) in [4.78, 5) is 0.324. The molecule has 1 aliphatic carbocycles. The van der Waals surface area contributed by atoms with Gasteiger partial charge in [-0.25, -0.2) is 12.4 Å². The molecule has 162 valence electrons. The SMILES string of the molecule is Cc1ccc(S(=O)(=O)n2c(Cc3ccccc3)c3c(c2-c2ccc(Br)cc2)CCC3)cc1. The van der Waals surface area contributed by atoms with Crippen LogP contribution in [-0.2, 0) is 29.3 Å². The third-order valence-electron chi connectivity index (χ3n) is 6.19. The predicted molar refractivity (Wildman–Crippen MR) is 133 cm³/mol. The Bertz CT molecular complexity index is 1370. The molecule has 0 saturated carbocycles. The van der Waals surface area contributed by atoms with E-state index in [-0.39, 0.29) is 0 Å². The molecule has 0 bridgehead atoms. The minimum atomic E-state index is -3.77. The van der Waals surface area contributed by atoms with E-state index in [0.29, 0.717) is 11.3 Å². The fourth-order valence-electron chi connectivity index (χ4n) is 4.65. The molecule has 1 aliphatic rings. The minimum absolute atomic E-state index is 0.324. The van der Waals surface area contributed by atoms with Gasteiger partial charge in [-0.15, -0.1) is 0 Å². The highest BCUT2D eigenvalue weighted by molar-refractivity contribution is 9.10. The lowest BCUT2D eigenvalue weighted by molar-refractivity contribution is 0.585. The average Bonchev–Trinajstić information content (AvgIpc) is 3.38. The number of nitrogens with zero attached hydrogens (tertiary/aromatic N) is 1. The van der Waals surface area contributed by atoms with Gasteiger partial charge in [0.1, 0.15) is 0 Å². The second-order valence-electron chi connectivity index (χ2n) is 8.36. The summed E-state index contributed by atoms with van der Waals surface area (Å²) in [5, 5.41) is 0. The van der Waals surface area contributed by atoms with Crippen molar-refractivity contribution < 1.29 is 8.42 Å². The van der Waals surface area contributed by atoms with Crippen molar-refractivity contribution in [2.24, 2.45) is 0 Å². The molecule has 1 heterocycles. The molecule has 0 fully saturated rings. The Morgan fingerprint density at radius 1 is 0.844 bits per heavy atom. The van der Waals surface area contributed by atoms with Crippen LogP contribution in [0.3, 0.4) is 0 Å². The molecule has 0 spiro atoms. The lowest BCUT2D eigenvalue weighted by Gasteiger charge is -2.17. The topological polar surface area (TPSA) is 39.1 Å². The molecule has 0 N–H and O–H groups in total. The van der Waals surface area contributed by atoms with Crippen LogP contribution in [0.1, 0.15) is 34.4 Å². The van der Waals surface area contributed by atoms with E-state index in [4.69, 9.17) is 0 Å². The zero-order valence-electron chi connectivity index (χ0n) is 17.9. The quantitative estimate of drug-likeness (QED) is 0.308. The Hall–Kier alpha value is -2.63. The van der Waals surface area contributed by atoms with Crippen molar-refractivity contribution in [3.8, 4) is 11.3 Å². The van der Waals surface area contributed by atoms with E-state index in [1.54, 1.807) is 16.1 Å². The van der Waals surface area contributed by atoms with Gasteiger partial charge in [-0.3, -0.25) is 0 Å². The van der Waals surface area contributed by atoms with Crippen molar-refractivity contribution in [1.29, 1.82) is 0 Å². The first-order valence-corrected chi connectivity index (χ1v) is 13.1. The van der Waals surface area contributed by atoms with Crippen LogP contribution >= 0.6 is 15.9 Å². The van der Waals surface area contributed by atoms with Crippen molar-refractivity contribution in [2.75, 3.05) is 0 Å². The number of rotatable bonds is 5. The number of aryl methyl sites for hydroxylation is 1. The predicted octanol–water partition coefficient (Wildman–Crippen LogP) is 6.54. The summed E-state index contributed by atoms with van der Waals surface area (Å²) in [5.41, 5.74) is 7.16. The highest BCUT2D eigenvalue weighted by Crippen LogP contribution is 2.41. The third-order valence-corrected chi connectivity index (χ3v) is 8.47. The maximum atomic E-state index is 14.1. The van der Waals surface area contributed by atoms with E-state index in [9.17, 15) is 8.42 Å². The minimum Gasteiger partial charge on any atom is -0.237 e. The zero-order valence-corrected chi connectivity index (χ0v) is 20.3. The molecule has 1 aromatic heterocycles. The number of aromatic nitrogens is 1. The second-order valence-corrected chi connectivity index (χ2v) is 11.1. The smallest absolute Gasteiger partial charge is 0.237 e. The monoisotopic (exact) mass is 505 g/mol. The van der Waals surface area contributed by atoms with Gasteiger partial charge >= 0.3 is 0 Å². The van der Waals surface area contributed by atoms with Crippen molar-refractivity contribution >= 4 is 26.0 Å². The Labute approximate surface area is 197 Å². The summed E-state index contributed by atoms with van der Waals surface area (Å²) in [6.07, 6.45) is 3.46. The summed E-state index contributed by atoms with van der Waals surface area (Å²) in [6.45, 7) is 1.97. The van der Waals surface area contributed by atoms with Crippen molar-refractivity contribution in [3.05, 3.63) is 111 Å². The molecule has 0 unspecified atom stereocenters. The van der Waals surface area contributed by atoms with Gasteiger partial charge in [-0.2, -0.15) is 0 Å². The molecule has 0 amide bonds. The summed E-state index contributed by atoms with van der Waals surface area (Å²) >= 11 is 3.51. The number of fused-ring (bicyclic) bond motifs is 1. The Morgan fingerprint density at radius 3 is 2.19 bits per heavy atom. The molecular formula is C27H24BrNO2S. The van der Waals surface area contributed by atoms with E-state index >= 15 is 0 Å². The van der Waals surface area contributed by atoms with Crippen LogP contribution in [0.25, 0.3) is 11.3 Å². The van der Waals surface area contributed by atoms with Gasteiger partial charge in [-0.05, 0) is 72.7 Å². The summed E-state index contributed by atoms with van der Waals surface area (Å²) in [7, 11) is -3.77. The van der Waals surface area contributed by atoms with Crippen LogP contribution in [0.4, 0.5) is 0 Å². The average molecular weight is 506 g/mol. The van der Waals surface area contributed by atoms with Gasteiger partial charge in [0.15, 0.2) is 0 Å². The first-order valence-electron chi connectivity index (χ1n) is 10.8. The fourth-order valence-corrected chi connectivity index (χ4v) is 6.53. The van der Waals surface area contributed by atoms with Gasteiger partial charge < -0.3 is 0 Å². The number of halogens is 1. The number of hydrogen-bond donors (Lipinski definition) is 0. The van der Waals surface area contributed by atoms with Crippen LogP contribution in [-0.4, -0.2) is 12.4 Å². The van der Waals surface area contributed by atoms with Crippen LogP contribution in [0.2, 0.25) is 0 Å². The first kappa shape index (κ1) is 21.2. The van der Waals surface area contributed by atoms with Gasteiger partial charge in [0.2, 0.25) is 0 Å². The van der Waals surface area contributed by atoms with Crippen molar-refractivity contribution in [2.45, 2.75) is 37.5 Å². The highest BCUT2D eigenvalue weighted by Gasteiger charge is 2.33.